The number of halogens is 6. The van der Waals surface area contributed by atoms with Crippen molar-refractivity contribution in [2.75, 3.05) is 23.8 Å². The summed E-state index contributed by atoms with van der Waals surface area (Å²) in [6.07, 6.45) is -4.99. The third-order valence-corrected chi connectivity index (χ3v) is 13.0. The van der Waals surface area contributed by atoms with Gasteiger partial charge in [-0.05, 0) is 105 Å². The molecule has 4 fully saturated rings. The Hall–Kier alpha value is -4.85. The molecule has 0 saturated heterocycles. The third-order valence-electron chi connectivity index (χ3n) is 10.6. The third kappa shape index (κ3) is 9.16. The number of alkyl halides is 5. The molecule has 3 aromatic rings. The molecule has 3 amide bonds. The largest absolute Gasteiger partial charge is 0.454 e. The summed E-state index contributed by atoms with van der Waals surface area (Å²) in [4.78, 5) is 51.2. The minimum atomic E-state index is -4.66. The Labute approximate surface area is 328 Å². The summed E-state index contributed by atoms with van der Waals surface area (Å²) in [5.74, 6) is -2.34. The van der Waals surface area contributed by atoms with Crippen LogP contribution in [0.2, 0.25) is 5.02 Å². The minimum absolute atomic E-state index is 0.0237. The van der Waals surface area contributed by atoms with Crippen LogP contribution in [-0.2, 0) is 25.2 Å². The molecule has 0 bridgehead atoms. The highest BCUT2D eigenvalue weighted by Gasteiger charge is 2.68. The zero-order chi connectivity index (χ0) is 40.8. The van der Waals surface area contributed by atoms with Crippen LogP contribution in [-0.4, -0.2) is 77.1 Å². The molecule has 4 aliphatic rings. The maximum absolute atomic E-state index is 13.5. The molecule has 2 aromatic carbocycles. The highest BCUT2D eigenvalue weighted by molar-refractivity contribution is 7.91. The average Bonchev–Trinajstić information content (AvgIpc) is 3.96. The van der Waals surface area contributed by atoms with E-state index < -0.39 is 68.8 Å². The van der Waals surface area contributed by atoms with Crippen LogP contribution in [0.25, 0.3) is 0 Å². The summed E-state index contributed by atoms with van der Waals surface area (Å²) in [7, 11) is -4.66. The van der Waals surface area contributed by atoms with Crippen LogP contribution < -0.4 is 30.7 Å². The second kappa shape index (κ2) is 15.1. The fourth-order valence-corrected chi connectivity index (χ4v) is 8.46. The predicted octanol–water partition coefficient (Wildman–Crippen LogP) is 5.35. The Kier molecular flexibility index (Phi) is 10.7. The van der Waals surface area contributed by atoms with Gasteiger partial charge in [-0.15, -0.1) is 0 Å². The number of nitrogens with one attached hydrogen (secondary N) is 5. The van der Waals surface area contributed by atoms with E-state index in [1.807, 2.05) is 16.9 Å². The van der Waals surface area contributed by atoms with E-state index in [0.29, 0.717) is 23.6 Å². The first-order chi connectivity index (χ1) is 26.9. The molecule has 0 radical (unpaired) electrons. The average molecular weight is 841 g/mol. The molecule has 4 aliphatic carbocycles. The Bertz CT molecular complexity index is 2140. The fourth-order valence-electron chi connectivity index (χ4n) is 6.83. The standard InChI is InChI=1S/C36H38ClF5N8O6S/c37-23-9-7-22(8-10-23)33(13-14-33)49-31-45-30(46-32(47-31)56-19-36(40,41)42)44-24-11-5-21(6-12-24)27(52)43-17-1-2-26(51)48-35(18-25(35)20-3-4-20)29(53)50-57(54,55)34(15-16-34)28(38)39/h5-12,20,25,28H,1-4,13-19H2,(H,43,52)(H,48,51)(H,50,53)(H2,44,45,46,47,49)/t25-,35+/m0/s1. The molecule has 0 unspecified atom stereocenters. The molecule has 0 aliphatic heterocycles. The summed E-state index contributed by atoms with van der Waals surface area (Å²) >= 11 is 6.02. The molecule has 7 rings (SSSR count). The number of sulfonamides is 1. The number of aromatic nitrogens is 3. The summed E-state index contributed by atoms with van der Waals surface area (Å²) in [5, 5.41) is 12.0. The smallest absolute Gasteiger partial charge is 0.422 e. The highest BCUT2D eigenvalue weighted by Crippen LogP contribution is 2.58. The number of hydrogen-bond donors (Lipinski definition) is 5. The first-order valence-electron chi connectivity index (χ1n) is 18.2. The Morgan fingerprint density at radius 2 is 1.60 bits per heavy atom. The van der Waals surface area contributed by atoms with E-state index in [-0.39, 0.29) is 67.9 Å². The van der Waals surface area contributed by atoms with Gasteiger partial charge in [0.15, 0.2) is 11.4 Å². The van der Waals surface area contributed by atoms with Gasteiger partial charge in [0.2, 0.25) is 27.8 Å². The molecule has 1 aromatic heterocycles. The van der Waals surface area contributed by atoms with Gasteiger partial charge in [0.05, 0.1) is 5.54 Å². The van der Waals surface area contributed by atoms with Gasteiger partial charge >= 0.3 is 12.2 Å². The maximum atomic E-state index is 13.5. The topological polar surface area (TPSA) is 193 Å². The summed E-state index contributed by atoms with van der Waals surface area (Å²) < 4.78 is 95.5. The van der Waals surface area contributed by atoms with Crippen LogP contribution in [0, 0.1) is 11.8 Å². The summed E-state index contributed by atoms with van der Waals surface area (Å²) in [5.41, 5.74) is -0.519. The van der Waals surface area contributed by atoms with Crippen LogP contribution in [0.15, 0.2) is 48.5 Å². The molecular weight excluding hydrogens is 803 g/mol. The molecule has 2 atom stereocenters. The normalized spacial score (nSPS) is 21.6. The minimum Gasteiger partial charge on any atom is -0.454 e. The SMILES string of the molecule is O=C(CCCNC(=O)c1ccc(Nc2nc(NC3(c4ccc(Cl)cc4)CC3)nc(OCC(F)(F)F)n2)cc1)N[C@]1(C(=O)NS(=O)(=O)C2(C(F)F)CC2)C[C@H]1C1CC1. The molecule has 5 N–H and O–H groups in total. The lowest BCUT2D eigenvalue weighted by molar-refractivity contribution is -0.154. The van der Waals surface area contributed by atoms with Crippen LogP contribution in [0.3, 0.4) is 0 Å². The Balaban J connectivity index is 0.916. The van der Waals surface area contributed by atoms with Crippen molar-refractivity contribution in [3.05, 3.63) is 64.7 Å². The number of nitrogens with zero attached hydrogens (tertiary/aromatic N) is 3. The molecule has 1 heterocycles. The van der Waals surface area contributed by atoms with Gasteiger partial charge in [-0.3, -0.25) is 19.1 Å². The van der Waals surface area contributed by atoms with E-state index in [2.05, 4.69) is 36.2 Å². The van der Waals surface area contributed by atoms with Gasteiger partial charge in [-0.1, -0.05) is 23.7 Å². The van der Waals surface area contributed by atoms with Crippen molar-refractivity contribution < 1.29 is 49.5 Å². The first kappa shape index (κ1) is 40.4. The monoisotopic (exact) mass is 840 g/mol. The van der Waals surface area contributed by atoms with Gasteiger partial charge in [-0.25, -0.2) is 17.2 Å². The van der Waals surface area contributed by atoms with Gasteiger partial charge in [0.25, 0.3) is 18.2 Å². The number of carbonyl (C=O) groups is 3. The predicted molar refractivity (Wildman–Crippen MR) is 195 cm³/mol. The zero-order valence-corrected chi connectivity index (χ0v) is 31.7. The van der Waals surface area contributed by atoms with Crippen molar-refractivity contribution >= 4 is 56.9 Å². The molecule has 4 saturated carbocycles. The van der Waals surface area contributed by atoms with Crippen molar-refractivity contribution in [2.45, 2.75) is 86.2 Å². The second-order valence-corrected chi connectivity index (χ2v) is 17.4. The maximum Gasteiger partial charge on any atom is 0.422 e. The number of hydrogen-bond acceptors (Lipinski definition) is 11. The molecule has 57 heavy (non-hydrogen) atoms. The van der Waals surface area contributed by atoms with Crippen molar-refractivity contribution in [2.24, 2.45) is 11.8 Å². The van der Waals surface area contributed by atoms with Crippen molar-refractivity contribution in [1.82, 2.24) is 30.3 Å². The lowest BCUT2D eigenvalue weighted by Gasteiger charge is -2.22. The van der Waals surface area contributed by atoms with Gasteiger partial charge in [-0.2, -0.15) is 28.1 Å². The first-order valence-corrected chi connectivity index (χ1v) is 20.1. The fraction of sp³-hybridized carbons (Fsp3) is 0.500. The number of carbonyl (C=O) groups excluding carboxylic acids is 3. The quantitative estimate of drug-likeness (QED) is 0.0820. The van der Waals surface area contributed by atoms with Gasteiger partial charge < -0.3 is 26.0 Å². The molecule has 306 valence electrons. The number of amides is 3. The van der Waals surface area contributed by atoms with Crippen molar-refractivity contribution in [3.63, 3.8) is 0 Å². The van der Waals surface area contributed by atoms with Gasteiger partial charge in [0, 0.05) is 29.2 Å². The Morgan fingerprint density at radius 3 is 2.19 bits per heavy atom. The second-order valence-electron chi connectivity index (χ2n) is 14.9. The lowest BCUT2D eigenvalue weighted by Crippen LogP contribution is -2.54. The summed E-state index contributed by atoms with van der Waals surface area (Å²) in [6.45, 7) is -1.55. The van der Waals surface area contributed by atoms with E-state index in [0.717, 1.165) is 18.4 Å². The number of benzene rings is 2. The zero-order valence-electron chi connectivity index (χ0n) is 30.1. The highest BCUT2D eigenvalue weighted by atomic mass is 35.5. The van der Waals surface area contributed by atoms with Crippen LogP contribution >= 0.6 is 11.6 Å². The van der Waals surface area contributed by atoms with E-state index in [1.165, 1.54) is 24.3 Å². The Morgan fingerprint density at radius 1 is 0.930 bits per heavy atom. The summed E-state index contributed by atoms with van der Waals surface area (Å²) in [6, 6.07) is 12.6. The van der Waals surface area contributed by atoms with Crippen LogP contribution in [0.4, 0.5) is 39.5 Å². The van der Waals surface area contributed by atoms with Crippen molar-refractivity contribution in [1.29, 1.82) is 0 Å². The van der Waals surface area contributed by atoms with Crippen LogP contribution in [0.5, 0.6) is 6.01 Å². The van der Waals surface area contributed by atoms with Crippen molar-refractivity contribution in [3.8, 4) is 6.01 Å². The number of anilines is 3. The molecular formula is C36H38ClF5N8O6S. The van der Waals surface area contributed by atoms with Crippen LogP contribution in [0.1, 0.15) is 73.7 Å². The molecule has 21 heteroatoms. The number of rotatable bonds is 18. The van der Waals surface area contributed by atoms with E-state index in [4.69, 9.17) is 16.3 Å². The van der Waals surface area contributed by atoms with E-state index in [1.54, 1.807) is 12.1 Å². The van der Waals surface area contributed by atoms with E-state index in [9.17, 15) is 44.8 Å². The molecule has 0 spiro atoms. The van der Waals surface area contributed by atoms with Gasteiger partial charge in [0.1, 0.15) is 5.54 Å². The molecule has 14 nitrogen and oxygen atoms in total. The lowest BCUT2D eigenvalue weighted by atomic mass is 10.1. The number of ether oxygens (including phenoxy) is 1. The van der Waals surface area contributed by atoms with E-state index >= 15 is 0 Å².